The van der Waals surface area contributed by atoms with Crippen LogP contribution in [-0.2, 0) is 6.54 Å². The van der Waals surface area contributed by atoms with Gasteiger partial charge in [0.2, 0.25) is 0 Å². The summed E-state index contributed by atoms with van der Waals surface area (Å²) in [6.45, 7) is 2.40. The SMILES string of the molecule is CP(CCn1cncn1)S(C#N)(C#N)C#N.Fc1cccc(F)c1. The number of nitrogens with zero attached hydrogens (tertiary/aromatic N) is 6. The topological polar surface area (TPSA) is 102 Å². The van der Waals surface area contributed by atoms with Crippen LogP contribution >= 0.6 is 16.8 Å². The van der Waals surface area contributed by atoms with Crippen LogP contribution < -0.4 is 0 Å². The fourth-order valence-electron chi connectivity index (χ4n) is 1.46. The third kappa shape index (κ3) is 5.59. The third-order valence-electron chi connectivity index (χ3n) is 2.76. The second-order valence-electron chi connectivity index (χ2n) is 4.30. The maximum atomic E-state index is 11.9. The van der Waals surface area contributed by atoms with Crippen LogP contribution in [0.1, 0.15) is 0 Å². The molecule has 0 bridgehead atoms. The van der Waals surface area contributed by atoms with E-state index in [-0.39, 0.29) is 0 Å². The summed E-state index contributed by atoms with van der Waals surface area (Å²) in [5, 5.41) is 36.4. The van der Waals surface area contributed by atoms with Gasteiger partial charge in [0.05, 0.1) is 0 Å². The lowest BCUT2D eigenvalue weighted by molar-refractivity contribution is 0.583. The molecule has 10 heteroatoms. The number of aryl methyl sites for hydroxylation is 1. The number of halogens is 2. The van der Waals surface area contributed by atoms with Gasteiger partial charge in [0.25, 0.3) is 0 Å². The number of rotatable bonds is 4. The van der Waals surface area contributed by atoms with E-state index in [2.05, 4.69) is 10.1 Å². The van der Waals surface area contributed by atoms with Crippen LogP contribution in [0.5, 0.6) is 0 Å². The molecule has 0 fully saturated rings. The van der Waals surface area contributed by atoms with E-state index in [1.165, 1.54) is 24.5 Å². The number of hydrogen-bond donors (Lipinski definition) is 0. The molecule has 0 saturated carbocycles. The Kier molecular flexibility index (Phi) is 7.79. The Morgan fingerprint density at radius 3 is 2.12 bits per heavy atom. The van der Waals surface area contributed by atoms with E-state index >= 15 is 0 Å². The second kappa shape index (κ2) is 9.57. The van der Waals surface area contributed by atoms with Gasteiger partial charge in [0.15, 0.2) is 0 Å². The number of aromatic nitrogens is 3. The van der Waals surface area contributed by atoms with Crippen LogP contribution in [-0.4, -0.2) is 27.6 Å². The third-order valence-corrected chi connectivity index (χ3v) is 9.41. The van der Waals surface area contributed by atoms with Gasteiger partial charge in [0.1, 0.15) is 40.5 Å². The van der Waals surface area contributed by atoms with Crippen LogP contribution in [0.4, 0.5) is 8.78 Å². The van der Waals surface area contributed by atoms with Crippen molar-refractivity contribution in [2.45, 2.75) is 6.54 Å². The highest BCUT2D eigenvalue weighted by molar-refractivity contribution is 8.84. The molecule has 1 atom stereocenters. The predicted octanol–water partition coefficient (Wildman–Crippen LogP) is 3.52. The zero-order chi connectivity index (χ0) is 18.0. The van der Waals surface area contributed by atoms with Gasteiger partial charge in [-0.2, -0.15) is 20.9 Å². The molecule has 1 aromatic carbocycles. The van der Waals surface area contributed by atoms with E-state index in [4.69, 9.17) is 15.8 Å². The Bertz CT molecular complexity index is 725. The summed E-state index contributed by atoms with van der Waals surface area (Å²) in [5.74, 6) is -1.07. The minimum Gasteiger partial charge on any atom is -0.253 e. The molecule has 0 aliphatic rings. The lowest BCUT2D eigenvalue weighted by Crippen LogP contribution is -2.03. The van der Waals surface area contributed by atoms with E-state index < -0.39 is 28.4 Å². The molecule has 1 heterocycles. The van der Waals surface area contributed by atoms with Gasteiger partial charge in [-0.1, -0.05) is 6.07 Å². The van der Waals surface area contributed by atoms with Crippen molar-refractivity contribution in [3.8, 4) is 16.2 Å². The van der Waals surface area contributed by atoms with Crippen molar-refractivity contribution in [2.75, 3.05) is 12.8 Å². The zero-order valence-electron chi connectivity index (χ0n) is 12.7. The van der Waals surface area contributed by atoms with Gasteiger partial charge in [-0.05, 0) is 32.1 Å². The highest BCUT2D eigenvalue weighted by Crippen LogP contribution is 2.72. The van der Waals surface area contributed by atoms with Gasteiger partial charge >= 0.3 is 0 Å². The molecule has 0 spiro atoms. The van der Waals surface area contributed by atoms with E-state index in [0.717, 1.165) is 6.07 Å². The molecule has 6 nitrogen and oxygen atoms in total. The fourth-order valence-corrected chi connectivity index (χ4v) is 5.08. The molecule has 2 rings (SSSR count). The molecule has 124 valence electrons. The van der Waals surface area contributed by atoms with E-state index in [0.29, 0.717) is 12.7 Å². The lowest BCUT2D eigenvalue weighted by atomic mass is 10.3. The van der Waals surface area contributed by atoms with Crippen molar-refractivity contribution in [2.24, 2.45) is 0 Å². The average Bonchev–Trinajstić information content (AvgIpc) is 3.09. The van der Waals surface area contributed by atoms with Crippen molar-refractivity contribution >= 4 is 16.8 Å². The molecule has 0 N–H and O–H groups in total. The summed E-state index contributed by atoms with van der Waals surface area (Å²) in [4.78, 5) is 3.79. The normalized spacial score (nSPS) is 11.8. The summed E-state index contributed by atoms with van der Waals surface area (Å²) < 4.78 is 25.5. The Morgan fingerprint density at radius 1 is 1.17 bits per heavy atom. The standard InChI is InChI=1S/C8H9N6PS.C6H4F2/c1-15(16(4-9,5-10)6-11)3-2-14-8-12-7-13-14;7-5-2-1-3-6(8)4-5/h7-8H,2-3H2,1H3;1-4H. The average molecular weight is 366 g/mol. The lowest BCUT2D eigenvalue weighted by Gasteiger charge is -2.22. The Morgan fingerprint density at radius 2 is 1.75 bits per heavy atom. The van der Waals surface area contributed by atoms with Crippen molar-refractivity contribution in [3.63, 3.8) is 0 Å². The molecule has 0 saturated heterocycles. The van der Waals surface area contributed by atoms with E-state index in [1.54, 1.807) is 11.0 Å². The molecule has 1 unspecified atom stereocenters. The van der Waals surface area contributed by atoms with Crippen LogP contribution in [0.25, 0.3) is 0 Å². The monoisotopic (exact) mass is 366 g/mol. The first-order valence-corrected chi connectivity index (χ1v) is 10.7. The van der Waals surface area contributed by atoms with Crippen LogP contribution in [0, 0.1) is 43.6 Å². The van der Waals surface area contributed by atoms with Crippen molar-refractivity contribution in [1.82, 2.24) is 14.8 Å². The largest absolute Gasteiger partial charge is 0.253 e. The molecule has 2 aromatic rings. The Hall–Kier alpha value is -2.53. The molecular formula is C14H13F2N6PS. The van der Waals surface area contributed by atoms with Crippen LogP contribution in [0.2, 0.25) is 0 Å². The highest BCUT2D eigenvalue weighted by atomic mass is 32.8. The van der Waals surface area contributed by atoms with Crippen LogP contribution in [0.3, 0.4) is 0 Å². The smallest absolute Gasteiger partial charge is 0.144 e. The van der Waals surface area contributed by atoms with Crippen molar-refractivity contribution < 1.29 is 8.78 Å². The van der Waals surface area contributed by atoms with Gasteiger partial charge in [-0.25, -0.2) is 13.8 Å². The molecule has 24 heavy (non-hydrogen) atoms. The summed E-state index contributed by atoms with van der Waals surface area (Å²) in [6.07, 6.45) is 3.63. The Balaban J connectivity index is 0.000000300. The summed E-state index contributed by atoms with van der Waals surface area (Å²) >= 11 is 0. The van der Waals surface area contributed by atoms with E-state index in [1.807, 2.05) is 22.9 Å². The fraction of sp³-hybridized carbons (Fsp3) is 0.214. The molecule has 0 aliphatic heterocycles. The number of hydrogen-bond acceptors (Lipinski definition) is 5. The van der Waals surface area contributed by atoms with Crippen molar-refractivity contribution in [3.05, 3.63) is 48.6 Å². The molecule has 1 aromatic heterocycles. The number of thiocyanates is 3. The van der Waals surface area contributed by atoms with Gasteiger partial charge in [-0.15, -0.1) is 0 Å². The van der Waals surface area contributed by atoms with Gasteiger partial charge in [0, 0.05) is 22.3 Å². The predicted molar refractivity (Wildman–Crippen MR) is 88.5 cm³/mol. The van der Waals surface area contributed by atoms with E-state index in [9.17, 15) is 8.78 Å². The highest BCUT2D eigenvalue weighted by Gasteiger charge is 2.30. The van der Waals surface area contributed by atoms with Crippen molar-refractivity contribution in [1.29, 1.82) is 15.8 Å². The minimum absolute atomic E-state index is 0.537. The summed E-state index contributed by atoms with van der Waals surface area (Å²) in [5.41, 5.74) is 0. The number of nitriles is 3. The molecule has 0 aliphatic carbocycles. The van der Waals surface area contributed by atoms with Crippen LogP contribution in [0.15, 0.2) is 36.9 Å². The zero-order valence-corrected chi connectivity index (χ0v) is 14.4. The Labute approximate surface area is 140 Å². The maximum absolute atomic E-state index is 11.9. The van der Waals surface area contributed by atoms with Gasteiger partial charge in [-0.3, -0.25) is 4.68 Å². The second-order valence-corrected chi connectivity index (χ2v) is 11.2. The summed E-state index contributed by atoms with van der Waals surface area (Å²) in [7, 11) is -3.34. The first kappa shape index (κ1) is 19.5. The first-order chi connectivity index (χ1) is 11.5. The summed E-state index contributed by atoms with van der Waals surface area (Å²) in [6, 6.07) is 4.55. The maximum Gasteiger partial charge on any atom is 0.144 e. The minimum atomic E-state index is -2.42. The quantitative estimate of drug-likeness (QED) is 0.608. The molecule has 0 radical (unpaired) electrons. The van der Waals surface area contributed by atoms with Gasteiger partial charge < -0.3 is 0 Å². The molecular weight excluding hydrogens is 353 g/mol. The first-order valence-electron chi connectivity index (χ1n) is 6.48. The molecule has 0 amide bonds. The number of benzene rings is 1.